The zero-order valence-corrected chi connectivity index (χ0v) is 15.5. The standard InChI is InChI=1S/C21H22N4O3/c26-20-11-17(14-24(20)15-19-7-4-10-28-19)21(27)22-9-8-16-12-23-25(13-16)18-5-2-1-3-6-18/h1-7,10,12-13,17H,8-9,11,14-15H2,(H,22,27). The maximum absolute atomic E-state index is 12.4. The molecule has 0 radical (unpaired) electrons. The topological polar surface area (TPSA) is 80.4 Å². The van der Waals surface area contributed by atoms with E-state index in [9.17, 15) is 9.59 Å². The highest BCUT2D eigenvalue weighted by Gasteiger charge is 2.34. The first-order valence-corrected chi connectivity index (χ1v) is 9.36. The van der Waals surface area contributed by atoms with Gasteiger partial charge in [-0.2, -0.15) is 5.10 Å². The maximum atomic E-state index is 12.4. The van der Waals surface area contributed by atoms with Crippen LogP contribution in [-0.4, -0.2) is 39.6 Å². The number of rotatable bonds is 7. The van der Waals surface area contributed by atoms with Gasteiger partial charge in [0.25, 0.3) is 0 Å². The Morgan fingerprint density at radius 2 is 2.07 bits per heavy atom. The van der Waals surface area contributed by atoms with Crippen molar-refractivity contribution in [1.29, 1.82) is 0 Å². The molecule has 0 aliphatic carbocycles. The highest BCUT2D eigenvalue weighted by Crippen LogP contribution is 2.20. The van der Waals surface area contributed by atoms with E-state index in [2.05, 4.69) is 10.4 Å². The predicted molar refractivity (Wildman–Crippen MR) is 103 cm³/mol. The van der Waals surface area contributed by atoms with Crippen molar-refractivity contribution in [2.75, 3.05) is 13.1 Å². The summed E-state index contributed by atoms with van der Waals surface area (Å²) in [5.74, 6) is 0.325. The number of furan rings is 1. The minimum atomic E-state index is -0.311. The summed E-state index contributed by atoms with van der Waals surface area (Å²) in [6.45, 7) is 1.35. The summed E-state index contributed by atoms with van der Waals surface area (Å²) < 4.78 is 7.10. The van der Waals surface area contributed by atoms with Crippen LogP contribution in [0.5, 0.6) is 0 Å². The van der Waals surface area contributed by atoms with Crippen molar-refractivity contribution in [2.24, 2.45) is 5.92 Å². The quantitative estimate of drug-likeness (QED) is 0.683. The van der Waals surface area contributed by atoms with Crippen molar-refractivity contribution in [3.63, 3.8) is 0 Å². The van der Waals surface area contributed by atoms with Crippen LogP contribution in [0.1, 0.15) is 17.7 Å². The number of carbonyl (C=O) groups excluding carboxylic acids is 2. The second kappa shape index (κ2) is 8.12. The molecule has 1 fully saturated rings. The molecule has 7 nitrogen and oxygen atoms in total. The number of likely N-dealkylation sites (tertiary alicyclic amines) is 1. The van der Waals surface area contributed by atoms with Gasteiger partial charge in [-0.05, 0) is 36.2 Å². The van der Waals surface area contributed by atoms with E-state index in [1.165, 1.54) is 0 Å². The molecule has 1 aliphatic heterocycles. The minimum absolute atomic E-state index is 0.0133. The normalized spacial score (nSPS) is 16.5. The molecule has 144 valence electrons. The number of aromatic nitrogens is 2. The molecule has 28 heavy (non-hydrogen) atoms. The molecule has 1 saturated heterocycles. The first kappa shape index (κ1) is 18.0. The number of hydrogen-bond donors (Lipinski definition) is 1. The third-order valence-electron chi connectivity index (χ3n) is 4.88. The van der Waals surface area contributed by atoms with Crippen molar-refractivity contribution in [1.82, 2.24) is 20.0 Å². The molecule has 0 bridgehead atoms. The smallest absolute Gasteiger partial charge is 0.225 e. The molecule has 1 unspecified atom stereocenters. The summed E-state index contributed by atoms with van der Waals surface area (Å²) in [5, 5.41) is 7.30. The van der Waals surface area contributed by atoms with E-state index in [1.54, 1.807) is 17.2 Å². The van der Waals surface area contributed by atoms with Crippen LogP contribution in [0.15, 0.2) is 65.5 Å². The predicted octanol–water partition coefficient (Wildman–Crippen LogP) is 2.17. The Morgan fingerprint density at radius 1 is 1.21 bits per heavy atom. The molecule has 1 aliphatic rings. The van der Waals surface area contributed by atoms with Crippen molar-refractivity contribution in [3.05, 3.63) is 72.4 Å². The fourth-order valence-electron chi connectivity index (χ4n) is 3.38. The first-order valence-electron chi connectivity index (χ1n) is 9.36. The summed E-state index contributed by atoms with van der Waals surface area (Å²) >= 11 is 0. The Morgan fingerprint density at radius 3 is 2.86 bits per heavy atom. The second-order valence-electron chi connectivity index (χ2n) is 6.92. The zero-order valence-electron chi connectivity index (χ0n) is 15.5. The molecule has 4 rings (SSSR count). The van der Waals surface area contributed by atoms with Gasteiger partial charge in [-0.1, -0.05) is 18.2 Å². The lowest BCUT2D eigenvalue weighted by atomic mass is 10.1. The van der Waals surface area contributed by atoms with Gasteiger partial charge < -0.3 is 14.6 Å². The van der Waals surface area contributed by atoms with Gasteiger partial charge in [-0.15, -0.1) is 0 Å². The first-order chi connectivity index (χ1) is 13.7. The summed E-state index contributed by atoms with van der Waals surface area (Å²) in [6, 6.07) is 13.5. The van der Waals surface area contributed by atoms with Gasteiger partial charge in [0, 0.05) is 25.7 Å². The number of carbonyl (C=O) groups is 2. The Bertz CT molecular complexity index is 934. The zero-order chi connectivity index (χ0) is 19.3. The van der Waals surface area contributed by atoms with E-state index in [-0.39, 0.29) is 24.2 Å². The van der Waals surface area contributed by atoms with E-state index < -0.39 is 0 Å². The molecule has 1 N–H and O–H groups in total. The lowest BCUT2D eigenvalue weighted by Gasteiger charge is -2.15. The van der Waals surface area contributed by atoms with Crippen molar-refractivity contribution < 1.29 is 14.0 Å². The van der Waals surface area contributed by atoms with Crippen LogP contribution in [0, 0.1) is 5.92 Å². The van der Waals surface area contributed by atoms with E-state index in [4.69, 9.17) is 4.42 Å². The average molecular weight is 378 g/mol. The number of hydrogen-bond acceptors (Lipinski definition) is 4. The van der Waals surface area contributed by atoms with Gasteiger partial charge in [-0.25, -0.2) is 4.68 Å². The molecule has 2 amide bonds. The molecule has 3 aromatic rings. The lowest BCUT2D eigenvalue weighted by Crippen LogP contribution is -2.34. The fourth-order valence-corrected chi connectivity index (χ4v) is 3.38. The number of amides is 2. The number of nitrogens with one attached hydrogen (secondary N) is 1. The molecule has 2 aromatic heterocycles. The SMILES string of the molecule is O=C(NCCc1cnn(-c2ccccc2)c1)C1CC(=O)N(Cc2ccco2)C1. The van der Waals surface area contributed by atoms with Crippen LogP contribution < -0.4 is 5.32 Å². The summed E-state index contributed by atoms with van der Waals surface area (Å²) in [5.41, 5.74) is 2.05. The maximum Gasteiger partial charge on any atom is 0.225 e. The third kappa shape index (κ3) is 4.14. The van der Waals surface area contributed by atoms with Crippen LogP contribution in [0.4, 0.5) is 0 Å². The van der Waals surface area contributed by atoms with Gasteiger partial charge in [0.1, 0.15) is 5.76 Å². The van der Waals surface area contributed by atoms with E-state index in [0.717, 1.165) is 17.0 Å². The second-order valence-corrected chi connectivity index (χ2v) is 6.92. The van der Waals surface area contributed by atoms with E-state index in [1.807, 2.05) is 53.5 Å². The molecular formula is C21H22N4O3. The highest BCUT2D eigenvalue weighted by atomic mass is 16.3. The number of nitrogens with zero attached hydrogens (tertiary/aromatic N) is 3. The number of para-hydroxylation sites is 1. The molecule has 7 heteroatoms. The molecule has 1 aromatic carbocycles. The number of benzene rings is 1. The van der Waals surface area contributed by atoms with Crippen LogP contribution in [0.25, 0.3) is 5.69 Å². The average Bonchev–Trinajstić information content (AvgIpc) is 3.45. The lowest BCUT2D eigenvalue weighted by molar-refractivity contribution is -0.129. The van der Waals surface area contributed by atoms with E-state index in [0.29, 0.717) is 26.1 Å². The summed E-state index contributed by atoms with van der Waals surface area (Å²) in [4.78, 5) is 26.2. The highest BCUT2D eigenvalue weighted by molar-refractivity contribution is 5.89. The molecular weight excluding hydrogens is 356 g/mol. The third-order valence-corrected chi connectivity index (χ3v) is 4.88. The van der Waals surface area contributed by atoms with Crippen LogP contribution in [0.2, 0.25) is 0 Å². The monoisotopic (exact) mass is 378 g/mol. The Labute approximate surface area is 162 Å². The van der Waals surface area contributed by atoms with Crippen molar-refractivity contribution in [3.8, 4) is 5.69 Å². The fraction of sp³-hybridized carbons (Fsp3) is 0.286. The van der Waals surface area contributed by atoms with Crippen LogP contribution in [-0.2, 0) is 22.6 Å². The largest absolute Gasteiger partial charge is 0.467 e. The van der Waals surface area contributed by atoms with Crippen LogP contribution >= 0.6 is 0 Å². The van der Waals surface area contributed by atoms with Crippen molar-refractivity contribution >= 4 is 11.8 Å². The molecule has 3 heterocycles. The Hall–Kier alpha value is -3.35. The van der Waals surface area contributed by atoms with Gasteiger partial charge in [0.2, 0.25) is 11.8 Å². The summed E-state index contributed by atoms with van der Waals surface area (Å²) in [7, 11) is 0. The van der Waals surface area contributed by atoms with Gasteiger partial charge in [-0.3, -0.25) is 9.59 Å². The summed E-state index contributed by atoms with van der Waals surface area (Å²) in [6.07, 6.45) is 6.29. The minimum Gasteiger partial charge on any atom is -0.467 e. The van der Waals surface area contributed by atoms with Gasteiger partial charge >= 0.3 is 0 Å². The molecule has 0 saturated carbocycles. The Kier molecular flexibility index (Phi) is 5.23. The van der Waals surface area contributed by atoms with Crippen molar-refractivity contribution in [2.45, 2.75) is 19.4 Å². The van der Waals surface area contributed by atoms with Gasteiger partial charge in [0.05, 0.1) is 30.6 Å². The molecule has 0 spiro atoms. The van der Waals surface area contributed by atoms with E-state index >= 15 is 0 Å². The molecule has 1 atom stereocenters. The Balaban J connectivity index is 1.25. The van der Waals surface area contributed by atoms with Crippen LogP contribution in [0.3, 0.4) is 0 Å². The van der Waals surface area contributed by atoms with Gasteiger partial charge in [0.15, 0.2) is 0 Å².